The largest absolute Gasteiger partial charge is 0.393 e. The molecule has 18 heavy (non-hydrogen) atoms. The van der Waals surface area contributed by atoms with Crippen LogP contribution in [0.5, 0.6) is 0 Å². The summed E-state index contributed by atoms with van der Waals surface area (Å²) in [5.74, 6) is 0.439. The third-order valence-electron chi connectivity index (χ3n) is 5.72. The summed E-state index contributed by atoms with van der Waals surface area (Å²) in [5, 5.41) is 31.6. The van der Waals surface area contributed by atoms with Gasteiger partial charge in [0.25, 0.3) is 0 Å². The van der Waals surface area contributed by atoms with Gasteiger partial charge in [-0.05, 0) is 44.4 Å². The summed E-state index contributed by atoms with van der Waals surface area (Å²) in [7, 11) is 0. The van der Waals surface area contributed by atoms with Gasteiger partial charge in [-0.2, -0.15) is 0 Å². The van der Waals surface area contributed by atoms with Gasteiger partial charge in [0.2, 0.25) is 0 Å². The molecule has 0 aromatic heterocycles. The van der Waals surface area contributed by atoms with E-state index in [-0.39, 0.29) is 17.3 Å². The molecule has 0 aromatic carbocycles. The van der Waals surface area contributed by atoms with Crippen molar-refractivity contribution in [2.24, 2.45) is 23.2 Å². The third-order valence-corrected chi connectivity index (χ3v) is 5.72. The van der Waals surface area contributed by atoms with E-state index in [4.69, 9.17) is 0 Å². The molecule has 2 saturated carbocycles. The number of rotatable bonds is 1. The Morgan fingerprint density at radius 2 is 1.67 bits per heavy atom. The summed E-state index contributed by atoms with van der Waals surface area (Å²) >= 11 is 0. The first-order valence-electron chi connectivity index (χ1n) is 7.28. The molecular formula is C15H28O3. The highest BCUT2D eigenvalue weighted by Crippen LogP contribution is 2.56. The average molecular weight is 256 g/mol. The summed E-state index contributed by atoms with van der Waals surface area (Å²) in [5.41, 5.74) is -1.20. The SMILES string of the molecule is CC(C)[C@@H]1CC[C@]2(C)[C@@H](O)CC[C@](C)(O)[C@H]2[C@@H]1O. The maximum Gasteiger partial charge on any atom is 0.0679 e. The molecule has 0 radical (unpaired) electrons. The highest BCUT2D eigenvalue weighted by Gasteiger charge is 2.59. The molecule has 106 valence electrons. The molecule has 3 heteroatoms. The molecule has 3 nitrogen and oxygen atoms in total. The average Bonchev–Trinajstić information content (AvgIpc) is 2.23. The minimum absolute atomic E-state index is 0.213. The van der Waals surface area contributed by atoms with Gasteiger partial charge in [-0.25, -0.2) is 0 Å². The molecule has 2 aliphatic carbocycles. The van der Waals surface area contributed by atoms with Crippen LogP contribution in [0.15, 0.2) is 0 Å². The lowest BCUT2D eigenvalue weighted by molar-refractivity contribution is -0.219. The van der Waals surface area contributed by atoms with Gasteiger partial charge in [0.1, 0.15) is 0 Å². The van der Waals surface area contributed by atoms with Crippen molar-refractivity contribution in [1.29, 1.82) is 0 Å². The lowest BCUT2D eigenvalue weighted by atomic mass is 9.50. The molecule has 0 spiro atoms. The predicted octanol–water partition coefficient (Wildman–Crippen LogP) is 1.94. The van der Waals surface area contributed by atoms with Crippen LogP contribution in [0.1, 0.15) is 53.4 Å². The molecule has 0 unspecified atom stereocenters. The molecule has 0 heterocycles. The Hall–Kier alpha value is -0.120. The van der Waals surface area contributed by atoms with Gasteiger partial charge < -0.3 is 15.3 Å². The van der Waals surface area contributed by atoms with E-state index in [1.807, 2.05) is 13.8 Å². The second-order valence-corrected chi connectivity index (χ2v) is 7.33. The standard InChI is InChI=1S/C15H28O3/c1-9(2)10-5-7-14(3)11(16)6-8-15(4,18)13(14)12(10)17/h9-13,16-18H,5-8H2,1-4H3/t10-,11-,12+,13-,14+,15-/m0/s1. The van der Waals surface area contributed by atoms with Crippen LogP contribution >= 0.6 is 0 Å². The number of aliphatic hydroxyl groups excluding tert-OH is 2. The van der Waals surface area contributed by atoms with E-state index in [0.29, 0.717) is 18.8 Å². The quantitative estimate of drug-likeness (QED) is 0.672. The van der Waals surface area contributed by atoms with E-state index >= 15 is 0 Å². The number of aliphatic hydroxyl groups is 3. The van der Waals surface area contributed by atoms with Crippen molar-refractivity contribution in [3.8, 4) is 0 Å². The van der Waals surface area contributed by atoms with Crippen LogP contribution in [0, 0.1) is 23.2 Å². The molecule has 2 aliphatic rings. The maximum absolute atomic E-state index is 10.7. The smallest absolute Gasteiger partial charge is 0.0679 e. The van der Waals surface area contributed by atoms with Gasteiger partial charge in [0.15, 0.2) is 0 Å². The second kappa shape index (κ2) is 4.46. The number of fused-ring (bicyclic) bond motifs is 1. The third kappa shape index (κ3) is 2.00. The van der Waals surface area contributed by atoms with Crippen molar-refractivity contribution in [2.45, 2.75) is 71.2 Å². The summed E-state index contributed by atoms with van der Waals surface area (Å²) < 4.78 is 0. The zero-order valence-electron chi connectivity index (χ0n) is 12.1. The van der Waals surface area contributed by atoms with Crippen LogP contribution in [0.3, 0.4) is 0 Å². The molecule has 0 bridgehead atoms. The van der Waals surface area contributed by atoms with Crippen molar-refractivity contribution < 1.29 is 15.3 Å². The van der Waals surface area contributed by atoms with Crippen LogP contribution in [0.25, 0.3) is 0 Å². The molecule has 2 rings (SSSR count). The molecule has 0 saturated heterocycles. The minimum Gasteiger partial charge on any atom is -0.393 e. The van der Waals surface area contributed by atoms with E-state index in [1.165, 1.54) is 0 Å². The van der Waals surface area contributed by atoms with Crippen molar-refractivity contribution in [1.82, 2.24) is 0 Å². The molecule has 2 fully saturated rings. The Labute approximate surface area is 110 Å². The Balaban J connectivity index is 2.35. The van der Waals surface area contributed by atoms with E-state index < -0.39 is 17.8 Å². The fourth-order valence-corrected chi connectivity index (χ4v) is 4.54. The fraction of sp³-hybridized carbons (Fsp3) is 1.00. The zero-order valence-corrected chi connectivity index (χ0v) is 12.1. The first kappa shape index (κ1) is 14.3. The summed E-state index contributed by atoms with van der Waals surface area (Å²) in [4.78, 5) is 0. The van der Waals surface area contributed by atoms with E-state index in [2.05, 4.69) is 13.8 Å². The first-order valence-corrected chi connectivity index (χ1v) is 7.28. The monoisotopic (exact) mass is 256 g/mol. The molecule has 6 atom stereocenters. The highest BCUT2D eigenvalue weighted by molar-refractivity contribution is 5.08. The summed E-state index contributed by atoms with van der Waals surface area (Å²) in [6.45, 7) is 8.12. The van der Waals surface area contributed by atoms with Gasteiger partial charge in [-0.1, -0.05) is 20.8 Å². The lowest BCUT2D eigenvalue weighted by Crippen LogP contribution is -2.63. The van der Waals surface area contributed by atoms with Gasteiger partial charge in [-0.15, -0.1) is 0 Å². The maximum atomic E-state index is 10.7. The van der Waals surface area contributed by atoms with Crippen molar-refractivity contribution >= 4 is 0 Å². The number of hydrogen-bond donors (Lipinski definition) is 3. The zero-order chi connectivity index (χ0) is 13.7. The summed E-state index contributed by atoms with van der Waals surface area (Å²) in [6.07, 6.45) is 2.16. The lowest BCUT2D eigenvalue weighted by Gasteiger charge is -2.58. The topological polar surface area (TPSA) is 60.7 Å². The molecule has 0 aliphatic heterocycles. The normalized spacial score (nSPS) is 53.3. The van der Waals surface area contributed by atoms with Gasteiger partial charge >= 0.3 is 0 Å². The van der Waals surface area contributed by atoms with E-state index in [1.54, 1.807) is 0 Å². The van der Waals surface area contributed by atoms with Crippen molar-refractivity contribution in [2.75, 3.05) is 0 Å². The Morgan fingerprint density at radius 3 is 2.22 bits per heavy atom. The van der Waals surface area contributed by atoms with E-state index in [9.17, 15) is 15.3 Å². The van der Waals surface area contributed by atoms with Crippen LogP contribution in [0.2, 0.25) is 0 Å². The molecular weight excluding hydrogens is 228 g/mol. The van der Waals surface area contributed by atoms with Crippen molar-refractivity contribution in [3.05, 3.63) is 0 Å². The molecule has 3 N–H and O–H groups in total. The fourth-order valence-electron chi connectivity index (χ4n) is 4.54. The predicted molar refractivity (Wildman–Crippen MR) is 71.0 cm³/mol. The van der Waals surface area contributed by atoms with Gasteiger partial charge in [0.05, 0.1) is 17.8 Å². The minimum atomic E-state index is -0.860. The van der Waals surface area contributed by atoms with Gasteiger partial charge in [0, 0.05) is 11.3 Å². The first-order chi connectivity index (χ1) is 8.20. The highest BCUT2D eigenvalue weighted by atomic mass is 16.3. The van der Waals surface area contributed by atoms with Crippen LogP contribution < -0.4 is 0 Å². The van der Waals surface area contributed by atoms with Crippen LogP contribution in [-0.4, -0.2) is 33.1 Å². The Morgan fingerprint density at radius 1 is 1.06 bits per heavy atom. The summed E-state index contributed by atoms with van der Waals surface area (Å²) in [6, 6.07) is 0. The van der Waals surface area contributed by atoms with Crippen molar-refractivity contribution in [3.63, 3.8) is 0 Å². The van der Waals surface area contributed by atoms with Crippen LogP contribution in [0.4, 0.5) is 0 Å². The number of hydrogen-bond acceptors (Lipinski definition) is 3. The molecule has 0 amide bonds. The second-order valence-electron chi connectivity index (χ2n) is 7.33. The van der Waals surface area contributed by atoms with Gasteiger partial charge in [-0.3, -0.25) is 0 Å². The Kier molecular flexibility index (Phi) is 3.54. The van der Waals surface area contributed by atoms with Crippen LogP contribution in [-0.2, 0) is 0 Å². The molecule has 0 aromatic rings. The Bertz CT molecular complexity index is 313. The van der Waals surface area contributed by atoms with E-state index in [0.717, 1.165) is 12.8 Å².